The van der Waals surface area contributed by atoms with Gasteiger partial charge < -0.3 is 15.3 Å². The van der Waals surface area contributed by atoms with E-state index in [1.54, 1.807) is 0 Å². The maximum Gasteiger partial charge on any atom is 0.227 e. The minimum Gasteiger partial charge on any atom is -0.394 e. The second-order valence-electron chi connectivity index (χ2n) is 10.9. The summed E-state index contributed by atoms with van der Waals surface area (Å²) in [4.78, 5) is 12.9. The van der Waals surface area contributed by atoms with E-state index in [0.29, 0.717) is 11.6 Å². The van der Waals surface area contributed by atoms with E-state index in [-0.39, 0.29) is 17.6 Å². The second kappa shape index (κ2) is 9.16. The topological polar surface area (TPSA) is 78.4 Å². The van der Waals surface area contributed by atoms with Gasteiger partial charge in [0.15, 0.2) is 0 Å². The van der Waals surface area contributed by atoms with Gasteiger partial charge in [0.25, 0.3) is 0 Å². The van der Waals surface area contributed by atoms with Gasteiger partial charge in [0.2, 0.25) is 5.95 Å². The first-order valence-electron chi connectivity index (χ1n) is 12.9. The molecule has 2 aliphatic heterocycles. The van der Waals surface area contributed by atoms with Gasteiger partial charge >= 0.3 is 0 Å². The van der Waals surface area contributed by atoms with Gasteiger partial charge in [-0.3, -0.25) is 4.21 Å². The monoisotopic (exact) mass is 512 g/mol. The van der Waals surface area contributed by atoms with Crippen molar-refractivity contribution in [2.45, 2.75) is 68.2 Å². The molecule has 1 unspecified atom stereocenters. The van der Waals surface area contributed by atoms with Crippen LogP contribution in [0.25, 0.3) is 5.57 Å². The van der Waals surface area contributed by atoms with Crippen LogP contribution >= 0.6 is 11.6 Å². The zero-order chi connectivity index (χ0) is 24.0. The molecule has 3 heterocycles. The molecule has 35 heavy (non-hydrogen) atoms. The van der Waals surface area contributed by atoms with E-state index in [1.807, 2.05) is 12.1 Å². The quantitative estimate of drug-likeness (QED) is 0.588. The minimum absolute atomic E-state index is 0.0723. The molecule has 1 saturated heterocycles. The van der Waals surface area contributed by atoms with Crippen molar-refractivity contribution in [3.05, 3.63) is 46.6 Å². The number of fused-ring (bicyclic) bond motifs is 1. The second-order valence-corrected chi connectivity index (χ2v) is 12.8. The van der Waals surface area contributed by atoms with Crippen molar-refractivity contribution in [3.8, 4) is 0 Å². The van der Waals surface area contributed by atoms with Crippen LogP contribution in [0.15, 0.2) is 35.2 Å². The number of allylic oxidation sites excluding steroid dienone is 2. The number of hydrogen-bond donors (Lipinski definition) is 2. The van der Waals surface area contributed by atoms with Crippen LogP contribution in [0.2, 0.25) is 5.02 Å². The van der Waals surface area contributed by atoms with Crippen molar-refractivity contribution in [3.63, 3.8) is 0 Å². The fraction of sp³-hybridized carbons (Fsp3) is 0.556. The van der Waals surface area contributed by atoms with E-state index >= 15 is 0 Å². The van der Waals surface area contributed by atoms with E-state index in [4.69, 9.17) is 21.6 Å². The number of aryl methyl sites for hydroxylation is 1. The number of aliphatic hydroxyl groups is 1. The maximum absolute atomic E-state index is 13.1. The molecule has 4 aliphatic rings. The molecule has 2 aliphatic carbocycles. The molecule has 1 aromatic carbocycles. The van der Waals surface area contributed by atoms with Crippen LogP contribution in [0.3, 0.4) is 0 Å². The first kappa shape index (κ1) is 23.4. The van der Waals surface area contributed by atoms with Gasteiger partial charge in [0, 0.05) is 29.3 Å². The highest BCUT2D eigenvalue weighted by molar-refractivity contribution is 7.85. The molecule has 186 valence electrons. The molecule has 2 N–H and O–H groups in total. The van der Waals surface area contributed by atoms with Crippen molar-refractivity contribution in [1.29, 1.82) is 0 Å². The van der Waals surface area contributed by atoms with E-state index in [2.05, 4.69) is 28.4 Å². The third-order valence-electron chi connectivity index (χ3n) is 8.40. The van der Waals surface area contributed by atoms with Crippen molar-refractivity contribution in [2.24, 2.45) is 5.41 Å². The fourth-order valence-corrected chi connectivity index (χ4v) is 7.50. The van der Waals surface area contributed by atoms with Crippen molar-refractivity contribution >= 4 is 39.7 Å². The van der Waals surface area contributed by atoms with Crippen molar-refractivity contribution in [2.75, 3.05) is 35.7 Å². The van der Waals surface area contributed by atoms with E-state index < -0.39 is 10.8 Å². The number of benzene rings is 1. The lowest BCUT2D eigenvalue weighted by molar-refractivity contribution is 0.143. The molecule has 0 radical (unpaired) electrons. The Hall–Kier alpha value is -1.96. The smallest absolute Gasteiger partial charge is 0.227 e. The number of nitrogens with zero attached hydrogens (tertiary/aromatic N) is 3. The third-order valence-corrected chi connectivity index (χ3v) is 10.2. The number of hydrogen-bond acceptors (Lipinski definition) is 6. The summed E-state index contributed by atoms with van der Waals surface area (Å²) in [6.45, 7) is 1.97. The molecule has 0 bridgehead atoms. The number of aromatic nitrogens is 2. The molecule has 8 heteroatoms. The van der Waals surface area contributed by atoms with Crippen molar-refractivity contribution in [1.82, 2.24) is 9.97 Å². The predicted molar refractivity (Wildman–Crippen MR) is 141 cm³/mol. The highest BCUT2D eigenvalue weighted by atomic mass is 35.5. The van der Waals surface area contributed by atoms with Crippen LogP contribution in [0.4, 0.5) is 11.8 Å². The number of anilines is 2. The predicted octanol–water partition coefficient (Wildman–Crippen LogP) is 4.97. The summed E-state index contributed by atoms with van der Waals surface area (Å²) in [6.07, 6.45) is 11.4. The molecular weight excluding hydrogens is 480 g/mol. The zero-order valence-electron chi connectivity index (χ0n) is 20.1. The lowest BCUT2D eigenvalue weighted by Gasteiger charge is -2.52. The minimum atomic E-state index is -1.10. The SMILES string of the molecule is O=S1CCCCc2nc(N3CC4(CC=C(c5ccc(Cl)cc5)CC4)C3)nc(NC3(CO)CCC3)c21. The van der Waals surface area contributed by atoms with Gasteiger partial charge in [0.05, 0.1) is 28.6 Å². The molecule has 1 spiro atoms. The summed E-state index contributed by atoms with van der Waals surface area (Å²) in [5.74, 6) is 2.09. The Balaban J connectivity index is 1.22. The van der Waals surface area contributed by atoms with Crippen LogP contribution < -0.4 is 10.2 Å². The van der Waals surface area contributed by atoms with Gasteiger partial charge in [-0.2, -0.15) is 4.98 Å². The standard InChI is InChI=1S/C27H33ClN4O2S/c28-21-7-5-19(6-8-21)20-9-13-26(14-10-20)16-32(17-26)25-29-22-4-1-2-15-35(34)23(22)24(30-25)31-27(18-33)11-3-12-27/h5-9,33H,1-4,10-18H2,(H,29,30,31). The Kier molecular flexibility index (Phi) is 6.14. The highest BCUT2D eigenvalue weighted by Crippen LogP contribution is 2.47. The zero-order valence-corrected chi connectivity index (χ0v) is 21.6. The lowest BCUT2D eigenvalue weighted by Crippen LogP contribution is -2.57. The molecule has 2 aromatic rings. The van der Waals surface area contributed by atoms with Gasteiger partial charge in [-0.25, -0.2) is 4.98 Å². The average Bonchev–Trinajstić information content (AvgIpc) is 3.01. The van der Waals surface area contributed by atoms with Crippen LogP contribution in [-0.2, 0) is 17.2 Å². The summed E-state index contributed by atoms with van der Waals surface area (Å²) in [6, 6.07) is 8.16. The average molecular weight is 513 g/mol. The van der Waals surface area contributed by atoms with Gasteiger partial charge in [0.1, 0.15) is 10.7 Å². The summed E-state index contributed by atoms with van der Waals surface area (Å²) >= 11 is 6.06. The summed E-state index contributed by atoms with van der Waals surface area (Å²) < 4.78 is 13.1. The normalized spacial score (nSPS) is 24.6. The van der Waals surface area contributed by atoms with Crippen LogP contribution in [-0.4, -0.2) is 50.3 Å². The Morgan fingerprint density at radius 2 is 1.86 bits per heavy atom. The molecular formula is C27H33ClN4O2S. The number of halogens is 1. The van der Waals surface area contributed by atoms with E-state index in [9.17, 15) is 9.32 Å². The van der Waals surface area contributed by atoms with E-state index in [1.165, 1.54) is 11.1 Å². The first-order chi connectivity index (χ1) is 17.0. The molecule has 1 atom stereocenters. The van der Waals surface area contributed by atoms with Gasteiger partial charge in [-0.15, -0.1) is 0 Å². The Labute approximate surface area is 214 Å². The maximum atomic E-state index is 13.1. The van der Waals surface area contributed by atoms with Crippen LogP contribution in [0.1, 0.15) is 62.6 Å². The van der Waals surface area contributed by atoms with Crippen LogP contribution in [0, 0.1) is 5.41 Å². The van der Waals surface area contributed by atoms with Crippen molar-refractivity contribution < 1.29 is 9.32 Å². The Morgan fingerprint density at radius 3 is 2.51 bits per heavy atom. The molecule has 6 rings (SSSR count). The summed E-state index contributed by atoms with van der Waals surface area (Å²) in [7, 11) is -1.10. The largest absolute Gasteiger partial charge is 0.394 e. The highest BCUT2D eigenvalue weighted by Gasteiger charge is 2.45. The first-order valence-corrected chi connectivity index (χ1v) is 14.6. The summed E-state index contributed by atoms with van der Waals surface area (Å²) in [5.41, 5.74) is 3.55. The Morgan fingerprint density at radius 1 is 1.06 bits per heavy atom. The lowest BCUT2D eigenvalue weighted by atomic mass is 9.69. The molecule has 6 nitrogen and oxygen atoms in total. The van der Waals surface area contributed by atoms with Crippen LogP contribution in [0.5, 0.6) is 0 Å². The molecule has 1 aromatic heterocycles. The number of nitrogens with one attached hydrogen (secondary N) is 1. The number of aliphatic hydroxyl groups excluding tert-OH is 1. The molecule has 2 fully saturated rings. The Bertz CT molecular complexity index is 1170. The number of rotatable bonds is 5. The van der Waals surface area contributed by atoms with Gasteiger partial charge in [-0.1, -0.05) is 29.8 Å². The van der Waals surface area contributed by atoms with Gasteiger partial charge in [-0.05, 0) is 81.1 Å². The van der Waals surface area contributed by atoms with E-state index in [0.717, 1.165) is 92.4 Å². The third kappa shape index (κ3) is 4.40. The summed E-state index contributed by atoms with van der Waals surface area (Å²) in [5, 5.41) is 14.3. The molecule has 1 saturated carbocycles. The molecule has 0 amide bonds. The fourth-order valence-electron chi connectivity index (χ4n) is 5.99.